The molecule has 1 aliphatic carbocycles. The second kappa shape index (κ2) is 5.22. The van der Waals surface area contributed by atoms with Crippen molar-refractivity contribution in [2.24, 2.45) is 0 Å². The zero-order valence-corrected chi connectivity index (χ0v) is 12.0. The molecule has 2 aromatic carbocycles. The third kappa shape index (κ3) is 2.22. The molecule has 1 aromatic heterocycles. The van der Waals surface area contributed by atoms with E-state index < -0.39 is 0 Å². The van der Waals surface area contributed by atoms with Crippen molar-refractivity contribution in [1.29, 1.82) is 0 Å². The predicted octanol–water partition coefficient (Wildman–Crippen LogP) is 3.37. The summed E-state index contributed by atoms with van der Waals surface area (Å²) in [6, 6.07) is 11.6. The van der Waals surface area contributed by atoms with Gasteiger partial charge in [0.15, 0.2) is 0 Å². The lowest BCUT2D eigenvalue weighted by atomic mass is 10.1. The minimum atomic E-state index is -0.149. The lowest BCUT2D eigenvalue weighted by molar-refractivity contribution is 0.102. The number of carbonyl (C=O) groups is 1. The highest BCUT2D eigenvalue weighted by Crippen LogP contribution is 2.25. The number of rotatable bonds is 2. The molecule has 0 bridgehead atoms. The van der Waals surface area contributed by atoms with Crippen LogP contribution in [-0.2, 0) is 12.8 Å². The first-order valence-electron chi connectivity index (χ1n) is 7.44. The van der Waals surface area contributed by atoms with Crippen LogP contribution in [0.15, 0.2) is 48.8 Å². The van der Waals surface area contributed by atoms with Crippen LogP contribution in [0.2, 0.25) is 0 Å². The quantitative estimate of drug-likeness (QED) is 0.787. The van der Waals surface area contributed by atoms with E-state index in [-0.39, 0.29) is 5.91 Å². The molecular formula is C18H15N3O. The number of nitrogens with one attached hydrogen (secondary N) is 1. The first kappa shape index (κ1) is 13.0. The normalized spacial score (nSPS) is 13.1. The Morgan fingerprint density at radius 1 is 1.00 bits per heavy atom. The largest absolute Gasteiger partial charge is 0.322 e. The van der Waals surface area contributed by atoms with Crippen LogP contribution in [0.25, 0.3) is 11.0 Å². The van der Waals surface area contributed by atoms with Gasteiger partial charge in [-0.15, -0.1) is 0 Å². The molecule has 0 aliphatic heterocycles. The van der Waals surface area contributed by atoms with E-state index in [9.17, 15) is 4.79 Å². The number of benzene rings is 2. The van der Waals surface area contributed by atoms with Gasteiger partial charge < -0.3 is 5.32 Å². The number of aryl methyl sites for hydroxylation is 2. The number of nitrogens with zero attached hydrogens (tertiary/aromatic N) is 2. The number of para-hydroxylation sites is 1. The van der Waals surface area contributed by atoms with Crippen LogP contribution in [-0.4, -0.2) is 15.9 Å². The number of amides is 1. The summed E-state index contributed by atoms with van der Waals surface area (Å²) < 4.78 is 0. The minimum Gasteiger partial charge on any atom is -0.322 e. The molecule has 108 valence electrons. The van der Waals surface area contributed by atoms with Crippen LogP contribution < -0.4 is 5.32 Å². The fourth-order valence-corrected chi connectivity index (χ4v) is 3.02. The number of hydrogen-bond donors (Lipinski definition) is 1. The average molecular weight is 289 g/mol. The number of aromatic nitrogens is 2. The van der Waals surface area contributed by atoms with Crippen molar-refractivity contribution in [1.82, 2.24) is 9.97 Å². The van der Waals surface area contributed by atoms with Crippen LogP contribution in [0, 0.1) is 0 Å². The van der Waals surface area contributed by atoms with Crippen LogP contribution in [0.3, 0.4) is 0 Å². The summed E-state index contributed by atoms with van der Waals surface area (Å²) in [5, 5.41) is 2.97. The zero-order chi connectivity index (χ0) is 14.9. The molecule has 0 saturated carbocycles. The molecule has 0 saturated heterocycles. The monoisotopic (exact) mass is 289 g/mol. The summed E-state index contributed by atoms with van der Waals surface area (Å²) in [6.45, 7) is 0. The third-order valence-corrected chi connectivity index (χ3v) is 4.10. The lowest BCUT2D eigenvalue weighted by Crippen LogP contribution is -2.13. The summed E-state index contributed by atoms with van der Waals surface area (Å²) in [5.74, 6) is -0.149. The predicted molar refractivity (Wildman–Crippen MR) is 86.0 cm³/mol. The maximum atomic E-state index is 12.5. The van der Waals surface area contributed by atoms with Gasteiger partial charge in [-0.05, 0) is 54.7 Å². The standard InChI is InChI=1S/C18H15N3O/c22-18(15-5-2-6-16-17(15)20-10-9-19-16)21-14-8-7-12-3-1-4-13(12)11-14/h2,5-11H,1,3-4H2,(H,21,22). The maximum absolute atomic E-state index is 12.5. The van der Waals surface area contributed by atoms with Gasteiger partial charge in [-0.1, -0.05) is 12.1 Å². The van der Waals surface area contributed by atoms with E-state index in [4.69, 9.17) is 0 Å². The van der Waals surface area contributed by atoms with Gasteiger partial charge in [0.25, 0.3) is 5.91 Å². The maximum Gasteiger partial charge on any atom is 0.257 e. The van der Waals surface area contributed by atoms with E-state index in [0.717, 1.165) is 24.0 Å². The van der Waals surface area contributed by atoms with Gasteiger partial charge in [0.2, 0.25) is 0 Å². The SMILES string of the molecule is O=C(Nc1ccc2c(c1)CCC2)c1cccc2nccnc12. The van der Waals surface area contributed by atoms with Crippen LogP contribution >= 0.6 is 0 Å². The highest BCUT2D eigenvalue weighted by Gasteiger charge is 2.14. The number of fused-ring (bicyclic) bond motifs is 2. The minimum absolute atomic E-state index is 0.149. The number of hydrogen-bond acceptors (Lipinski definition) is 3. The molecule has 4 heteroatoms. The molecule has 0 radical (unpaired) electrons. The molecule has 0 spiro atoms. The van der Waals surface area contributed by atoms with E-state index in [0.29, 0.717) is 11.1 Å². The molecule has 3 aromatic rings. The Hall–Kier alpha value is -2.75. The van der Waals surface area contributed by atoms with Gasteiger partial charge in [-0.3, -0.25) is 14.8 Å². The van der Waals surface area contributed by atoms with Crippen molar-refractivity contribution in [2.75, 3.05) is 5.32 Å². The van der Waals surface area contributed by atoms with Crippen LogP contribution in [0.1, 0.15) is 27.9 Å². The second-order valence-corrected chi connectivity index (χ2v) is 5.52. The Morgan fingerprint density at radius 3 is 2.82 bits per heavy atom. The zero-order valence-electron chi connectivity index (χ0n) is 12.0. The first-order chi connectivity index (χ1) is 10.8. The van der Waals surface area contributed by atoms with Crippen molar-refractivity contribution < 1.29 is 4.79 Å². The molecular weight excluding hydrogens is 274 g/mol. The Kier molecular flexibility index (Phi) is 3.07. The summed E-state index contributed by atoms with van der Waals surface area (Å²) in [5.41, 5.74) is 5.48. The summed E-state index contributed by atoms with van der Waals surface area (Å²) in [7, 11) is 0. The Balaban J connectivity index is 1.66. The Bertz CT molecular complexity index is 868. The van der Waals surface area contributed by atoms with Gasteiger partial charge in [0.05, 0.1) is 11.1 Å². The van der Waals surface area contributed by atoms with Crippen LogP contribution in [0.4, 0.5) is 5.69 Å². The summed E-state index contributed by atoms with van der Waals surface area (Å²) in [4.78, 5) is 21.1. The van der Waals surface area contributed by atoms with E-state index in [1.54, 1.807) is 18.5 Å². The Labute approximate surface area is 128 Å². The van der Waals surface area contributed by atoms with E-state index >= 15 is 0 Å². The van der Waals surface area contributed by atoms with Gasteiger partial charge in [0, 0.05) is 18.1 Å². The second-order valence-electron chi connectivity index (χ2n) is 5.52. The summed E-state index contributed by atoms with van der Waals surface area (Å²) in [6.07, 6.45) is 6.67. The van der Waals surface area contributed by atoms with Gasteiger partial charge in [-0.25, -0.2) is 0 Å². The smallest absolute Gasteiger partial charge is 0.257 e. The van der Waals surface area contributed by atoms with Crippen molar-refractivity contribution in [2.45, 2.75) is 19.3 Å². The molecule has 0 fully saturated rings. The van der Waals surface area contributed by atoms with Crippen LogP contribution in [0.5, 0.6) is 0 Å². The lowest BCUT2D eigenvalue weighted by Gasteiger charge is -2.09. The molecule has 0 atom stereocenters. The van der Waals surface area contributed by atoms with Crippen molar-refractivity contribution >= 4 is 22.6 Å². The number of anilines is 1. The fourth-order valence-electron chi connectivity index (χ4n) is 3.02. The van der Waals surface area contributed by atoms with Crippen molar-refractivity contribution in [3.63, 3.8) is 0 Å². The van der Waals surface area contributed by atoms with Gasteiger partial charge in [-0.2, -0.15) is 0 Å². The molecule has 4 nitrogen and oxygen atoms in total. The van der Waals surface area contributed by atoms with Gasteiger partial charge >= 0.3 is 0 Å². The fraction of sp³-hybridized carbons (Fsp3) is 0.167. The van der Waals surface area contributed by atoms with Crippen molar-refractivity contribution in [3.05, 3.63) is 65.5 Å². The van der Waals surface area contributed by atoms with Gasteiger partial charge in [0.1, 0.15) is 5.52 Å². The molecule has 1 aliphatic rings. The molecule has 1 heterocycles. The van der Waals surface area contributed by atoms with E-state index in [1.165, 1.54) is 17.5 Å². The van der Waals surface area contributed by atoms with E-state index in [2.05, 4.69) is 27.4 Å². The van der Waals surface area contributed by atoms with Crippen molar-refractivity contribution in [3.8, 4) is 0 Å². The molecule has 0 unspecified atom stereocenters. The molecule has 4 rings (SSSR count). The highest BCUT2D eigenvalue weighted by atomic mass is 16.1. The average Bonchev–Trinajstić information content (AvgIpc) is 3.02. The first-order valence-corrected chi connectivity index (χ1v) is 7.44. The Morgan fingerprint density at radius 2 is 1.86 bits per heavy atom. The molecule has 1 amide bonds. The summed E-state index contributed by atoms with van der Waals surface area (Å²) >= 11 is 0. The molecule has 1 N–H and O–H groups in total. The van der Waals surface area contributed by atoms with E-state index in [1.807, 2.05) is 18.2 Å². The topological polar surface area (TPSA) is 54.9 Å². The molecule has 22 heavy (non-hydrogen) atoms. The highest BCUT2D eigenvalue weighted by molar-refractivity contribution is 6.11. The third-order valence-electron chi connectivity index (χ3n) is 4.10. The number of carbonyl (C=O) groups excluding carboxylic acids is 1.